The van der Waals surface area contributed by atoms with Crippen LogP contribution in [-0.2, 0) is 4.74 Å². The first kappa shape index (κ1) is 25.1. The Bertz CT molecular complexity index is 275. The molecule has 0 aliphatic heterocycles. The number of aliphatic hydroxyl groups excluding tert-OH is 1. The van der Waals surface area contributed by atoms with Gasteiger partial charge in [-0.1, -0.05) is 13.3 Å². The Morgan fingerprint density at radius 1 is 1.22 bits per heavy atom. The van der Waals surface area contributed by atoms with E-state index in [0.717, 1.165) is 64.6 Å². The first-order valence-corrected chi connectivity index (χ1v) is 8.48. The fourth-order valence-corrected chi connectivity index (χ4v) is 2.20. The Morgan fingerprint density at radius 3 is 2.52 bits per heavy atom. The largest absolute Gasteiger partial charge is 0.396 e. The minimum atomic E-state index is 0. The monoisotopic (exact) mass is 444 g/mol. The van der Waals surface area contributed by atoms with Crippen LogP contribution in [-0.4, -0.2) is 76.1 Å². The summed E-state index contributed by atoms with van der Waals surface area (Å²) in [7, 11) is 3.81. The number of hydrogen-bond acceptors (Lipinski definition) is 4. The molecular weight excluding hydrogens is 407 g/mol. The van der Waals surface area contributed by atoms with Gasteiger partial charge in [-0.15, -0.1) is 24.0 Å². The van der Waals surface area contributed by atoms with Gasteiger partial charge in [0.25, 0.3) is 0 Å². The zero-order valence-electron chi connectivity index (χ0n) is 15.3. The summed E-state index contributed by atoms with van der Waals surface area (Å²) in [6, 6.07) is 0. The average Bonchev–Trinajstić information content (AvgIpc) is 2.50. The van der Waals surface area contributed by atoms with Gasteiger partial charge in [0.2, 0.25) is 0 Å². The second-order valence-corrected chi connectivity index (χ2v) is 5.61. The van der Waals surface area contributed by atoms with Crippen molar-refractivity contribution in [1.29, 1.82) is 0 Å². The maximum atomic E-state index is 9.11. The van der Waals surface area contributed by atoms with Gasteiger partial charge in [0, 0.05) is 46.4 Å². The van der Waals surface area contributed by atoms with Crippen LogP contribution < -0.4 is 10.6 Å². The van der Waals surface area contributed by atoms with Crippen molar-refractivity contribution in [2.45, 2.75) is 33.1 Å². The molecule has 0 heterocycles. The van der Waals surface area contributed by atoms with Crippen LogP contribution in [0.4, 0.5) is 0 Å². The molecule has 0 aliphatic rings. The van der Waals surface area contributed by atoms with E-state index in [-0.39, 0.29) is 30.6 Å². The molecule has 6 nitrogen and oxygen atoms in total. The van der Waals surface area contributed by atoms with E-state index in [1.165, 1.54) is 0 Å². The highest BCUT2D eigenvalue weighted by atomic mass is 127. The first-order valence-electron chi connectivity index (χ1n) is 8.48. The Balaban J connectivity index is 0. The molecule has 1 unspecified atom stereocenters. The van der Waals surface area contributed by atoms with E-state index >= 15 is 0 Å². The normalized spacial score (nSPS) is 12.9. The lowest BCUT2D eigenvalue weighted by Crippen LogP contribution is -2.41. The third kappa shape index (κ3) is 15.2. The average molecular weight is 444 g/mol. The summed E-state index contributed by atoms with van der Waals surface area (Å²) in [5.41, 5.74) is 0. The minimum absolute atomic E-state index is 0. The van der Waals surface area contributed by atoms with Crippen molar-refractivity contribution in [3.05, 3.63) is 0 Å². The Kier molecular flexibility index (Phi) is 19.9. The molecule has 0 fully saturated rings. The standard InChI is InChI=1S/C16H36N4O2.HI/c1-5-7-15(8-12-21)14-19-16(17-6-2)18-9-10-20(3)11-13-22-4;/h15,21H,5-14H2,1-4H3,(H2,17,18,19);1H. The fourth-order valence-electron chi connectivity index (χ4n) is 2.20. The van der Waals surface area contributed by atoms with Crippen molar-refractivity contribution in [2.24, 2.45) is 10.9 Å². The van der Waals surface area contributed by atoms with Gasteiger partial charge < -0.3 is 25.4 Å². The number of likely N-dealkylation sites (N-methyl/N-ethyl adjacent to an activating group) is 1. The van der Waals surface area contributed by atoms with Gasteiger partial charge >= 0.3 is 0 Å². The van der Waals surface area contributed by atoms with Crippen molar-refractivity contribution in [3.63, 3.8) is 0 Å². The predicted octanol–water partition coefficient (Wildman–Crippen LogP) is 1.54. The highest BCUT2D eigenvalue weighted by molar-refractivity contribution is 14.0. The summed E-state index contributed by atoms with van der Waals surface area (Å²) >= 11 is 0. The number of ether oxygens (including phenoxy) is 1. The quantitative estimate of drug-likeness (QED) is 0.229. The maximum Gasteiger partial charge on any atom is 0.191 e. The lowest BCUT2D eigenvalue weighted by Gasteiger charge is -2.18. The number of methoxy groups -OCH3 is 1. The molecule has 0 aromatic heterocycles. The van der Waals surface area contributed by atoms with E-state index in [0.29, 0.717) is 5.92 Å². The molecule has 0 bridgehead atoms. The summed E-state index contributed by atoms with van der Waals surface area (Å²) in [5, 5.41) is 15.7. The second-order valence-electron chi connectivity index (χ2n) is 5.61. The van der Waals surface area contributed by atoms with Crippen LogP contribution in [0, 0.1) is 5.92 Å². The van der Waals surface area contributed by atoms with E-state index in [9.17, 15) is 0 Å². The van der Waals surface area contributed by atoms with Gasteiger partial charge in [-0.3, -0.25) is 4.99 Å². The zero-order chi connectivity index (χ0) is 16.6. The first-order chi connectivity index (χ1) is 10.7. The number of rotatable bonds is 13. The number of nitrogens with zero attached hydrogens (tertiary/aromatic N) is 2. The molecule has 3 N–H and O–H groups in total. The molecule has 0 aromatic rings. The van der Waals surface area contributed by atoms with Gasteiger partial charge in [0.1, 0.15) is 0 Å². The van der Waals surface area contributed by atoms with Crippen LogP contribution in [0.25, 0.3) is 0 Å². The van der Waals surface area contributed by atoms with Crippen LogP contribution in [0.15, 0.2) is 4.99 Å². The number of hydrogen-bond donors (Lipinski definition) is 3. The van der Waals surface area contributed by atoms with Crippen molar-refractivity contribution in [3.8, 4) is 0 Å². The lowest BCUT2D eigenvalue weighted by molar-refractivity contribution is 0.162. The summed E-state index contributed by atoms with van der Waals surface area (Å²) in [5.74, 6) is 1.33. The molecule has 0 saturated carbocycles. The molecule has 0 radical (unpaired) electrons. The number of guanidine groups is 1. The number of nitrogens with one attached hydrogen (secondary N) is 2. The van der Waals surface area contributed by atoms with Crippen LogP contribution in [0.2, 0.25) is 0 Å². The molecule has 0 amide bonds. The third-order valence-electron chi connectivity index (χ3n) is 3.55. The fraction of sp³-hybridized carbons (Fsp3) is 0.938. The SMILES string of the molecule is CCCC(CCO)CN=C(NCC)NCCN(C)CCOC.I. The molecule has 0 spiro atoms. The van der Waals surface area contributed by atoms with Crippen molar-refractivity contribution < 1.29 is 9.84 Å². The van der Waals surface area contributed by atoms with Crippen molar-refractivity contribution >= 4 is 29.9 Å². The van der Waals surface area contributed by atoms with E-state index < -0.39 is 0 Å². The molecule has 140 valence electrons. The molecular formula is C16H37IN4O2. The molecule has 1 atom stereocenters. The molecule has 0 aromatic carbocycles. The van der Waals surface area contributed by atoms with Crippen LogP contribution in [0.1, 0.15) is 33.1 Å². The lowest BCUT2D eigenvalue weighted by atomic mass is 10.0. The number of halogens is 1. The maximum absolute atomic E-state index is 9.11. The van der Waals surface area contributed by atoms with Crippen LogP contribution >= 0.6 is 24.0 Å². The van der Waals surface area contributed by atoms with Crippen molar-refractivity contribution in [2.75, 3.05) is 60.1 Å². The topological polar surface area (TPSA) is 69.1 Å². The van der Waals surface area contributed by atoms with E-state index in [2.05, 4.69) is 41.4 Å². The van der Waals surface area contributed by atoms with Crippen LogP contribution in [0.5, 0.6) is 0 Å². The number of aliphatic hydroxyl groups is 1. The Morgan fingerprint density at radius 2 is 1.96 bits per heavy atom. The molecule has 0 saturated heterocycles. The van der Waals surface area contributed by atoms with Crippen molar-refractivity contribution in [1.82, 2.24) is 15.5 Å². The highest BCUT2D eigenvalue weighted by Crippen LogP contribution is 2.10. The van der Waals surface area contributed by atoms with Gasteiger partial charge in [-0.25, -0.2) is 0 Å². The van der Waals surface area contributed by atoms with Gasteiger partial charge in [0.05, 0.1) is 6.61 Å². The van der Waals surface area contributed by atoms with E-state index in [1.807, 2.05) is 0 Å². The molecule has 0 rings (SSSR count). The van der Waals surface area contributed by atoms with Gasteiger partial charge in [-0.05, 0) is 32.7 Å². The Hall–Kier alpha value is -0.120. The summed E-state index contributed by atoms with van der Waals surface area (Å²) in [6.07, 6.45) is 3.08. The van der Waals surface area contributed by atoms with Gasteiger partial charge in [-0.2, -0.15) is 0 Å². The minimum Gasteiger partial charge on any atom is -0.396 e. The zero-order valence-corrected chi connectivity index (χ0v) is 17.6. The third-order valence-corrected chi connectivity index (χ3v) is 3.55. The highest BCUT2D eigenvalue weighted by Gasteiger charge is 2.07. The molecule has 23 heavy (non-hydrogen) atoms. The second kappa shape index (κ2) is 18.2. The van der Waals surface area contributed by atoms with Gasteiger partial charge in [0.15, 0.2) is 5.96 Å². The molecule has 7 heteroatoms. The predicted molar refractivity (Wildman–Crippen MR) is 109 cm³/mol. The Labute approximate surface area is 159 Å². The number of aliphatic imine (C=N–C) groups is 1. The summed E-state index contributed by atoms with van der Waals surface area (Å²) in [4.78, 5) is 6.88. The molecule has 0 aliphatic carbocycles. The summed E-state index contributed by atoms with van der Waals surface area (Å²) in [6.45, 7) is 9.59. The van der Waals surface area contributed by atoms with E-state index in [1.54, 1.807) is 7.11 Å². The smallest absolute Gasteiger partial charge is 0.191 e. The summed E-state index contributed by atoms with van der Waals surface area (Å²) < 4.78 is 5.07. The van der Waals surface area contributed by atoms with Crippen LogP contribution in [0.3, 0.4) is 0 Å². The van der Waals surface area contributed by atoms with E-state index in [4.69, 9.17) is 9.84 Å².